The van der Waals surface area contributed by atoms with Crippen molar-refractivity contribution in [3.63, 3.8) is 0 Å². The number of hydrogen-bond acceptors (Lipinski definition) is 3. The minimum Gasteiger partial charge on any atom is -0.338 e. The zero-order chi connectivity index (χ0) is 21.8. The Hall–Kier alpha value is -3.22. The molecule has 0 bridgehead atoms. The molecule has 0 aliphatic carbocycles. The molecule has 3 amide bonds. The molecule has 0 fully saturated rings. The molecule has 0 radical (unpaired) electrons. The molecular formula is C23H27FN4O2. The lowest BCUT2D eigenvalue weighted by Gasteiger charge is -2.25. The van der Waals surface area contributed by atoms with Crippen LogP contribution in [-0.4, -0.2) is 47.7 Å². The van der Waals surface area contributed by atoms with Crippen molar-refractivity contribution in [2.24, 2.45) is 5.10 Å². The first-order chi connectivity index (χ1) is 14.3. The number of urea groups is 1. The Labute approximate surface area is 176 Å². The quantitative estimate of drug-likeness (QED) is 0.815. The molecule has 1 N–H and O–H groups in total. The summed E-state index contributed by atoms with van der Waals surface area (Å²) in [5.74, 6) is -0.627. The van der Waals surface area contributed by atoms with Crippen LogP contribution in [0.1, 0.15) is 41.6 Å². The molecule has 1 atom stereocenters. The first kappa shape index (κ1) is 21.5. The minimum atomic E-state index is -0.350. The third kappa shape index (κ3) is 4.67. The molecule has 1 unspecified atom stereocenters. The van der Waals surface area contributed by atoms with E-state index in [1.807, 2.05) is 32.9 Å². The maximum Gasteiger partial charge on any atom is 0.317 e. The van der Waals surface area contributed by atoms with E-state index in [4.69, 9.17) is 0 Å². The van der Waals surface area contributed by atoms with Gasteiger partial charge in [0.1, 0.15) is 12.4 Å². The van der Waals surface area contributed by atoms with E-state index in [0.29, 0.717) is 13.0 Å². The molecule has 2 aromatic rings. The summed E-state index contributed by atoms with van der Waals surface area (Å²) in [4.78, 5) is 26.4. The molecule has 1 aliphatic heterocycles. The summed E-state index contributed by atoms with van der Waals surface area (Å²) in [6.07, 6.45) is 0.519. The standard InChI is InChI=1S/C23H27FN4O2/c1-5-25-23(30)27(4)14-22(29)28-21(17-8-10-19(24)11-9-17)13-20(26-28)18-7-6-15(2)16(3)12-18/h6-12,21H,5,13-14H2,1-4H3,(H,25,30). The fraction of sp³-hybridized carbons (Fsp3) is 0.348. The van der Waals surface area contributed by atoms with Crippen molar-refractivity contribution in [1.82, 2.24) is 15.2 Å². The van der Waals surface area contributed by atoms with Crippen LogP contribution in [0.15, 0.2) is 47.6 Å². The molecule has 6 nitrogen and oxygen atoms in total. The van der Waals surface area contributed by atoms with Gasteiger partial charge in [0.25, 0.3) is 5.91 Å². The highest BCUT2D eigenvalue weighted by Gasteiger charge is 2.34. The van der Waals surface area contributed by atoms with Crippen LogP contribution in [-0.2, 0) is 4.79 Å². The monoisotopic (exact) mass is 410 g/mol. The molecule has 0 aromatic heterocycles. The summed E-state index contributed by atoms with van der Waals surface area (Å²) in [5, 5.41) is 8.72. The number of carbonyl (C=O) groups is 2. The van der Waals surface area contributed by atoms with Crippen LogP contribution in [0.25, 0.3) is 0 Å². The normalized spacial score (nSPS) is 15.7. The Morgan fingerprint density at radius 1 is 1.17 bits per heavy atom. The summed E-state index contributed by atoms with van der Waals surface area (Å²) < 4.78 is 13.4. The predicted molar refractivity (Wildman–Crippen MR) is 115 cm³/mol. The molecule has 158 valence electrons. The number of nitrogens with one attached hydrogen (secondary N) is 1. The van der Waals surface area contributed by atoms with Gasteiger partial charge in [-0.3, -0.25) is 4.79 Å². The van der Waals surface area contributed by atoms with Gasteiger partial charge in [-0.05, 0) is 61.2 Å². The third-order valence-electron chi connectivity index (χ3n) is 5.31. The number of aryl methyl sites for hydroxylation is 2. The lowest BCUT2D eigenvalue weighted by Crippen LogP contribution is -2.43. The topological polar surface area (TPSA) is 65.0 Å². The Morgan fingerprint density at radius 2 is 1.87 bits per heavy atom. The highest BCUT2D eigenvalue weighted by molar-refractivity contribution is 6.03. The van der Waals surface area contributed by atoms with Gasteiger partial charge in [-0.15, -0.1) is 0 Å². The van der Waals surface area contributed by atoms with Crippen molar-refractivity contribution in [3.05, 3.63) is 70.5 Å². The average Bonchev–Trinajstić information content (AvgIpc) is 3.16. The summed E-state index contributed by atoms with van der Waals surface area (Å²) in [6.45, 7) is 6.28. The molecule has 1 heterocycles. The SMILES string of the molecule is CCNC(=O)N(C)CC(=O)N1N=C(c2ccc(C)c(C)c2)CC1c1ccc(F)cc1. The summed E-state index contributed by atoms with van der Waals surface area (Å²) in [6, 6.07) is 11.5. The first-order valence-corrected chi connectivity index (χ1v) is 10.0. The van der Waals surface area contributed by atoms with Crippen LogP contribution < -0.4 is 5.32 Å². The second-order valence-corrected chi connectivity index (χ2v) is 7.55. The highest BCUT2D eigenvalue weighted by Crippen LogP contribution is 2.33. The Kier molecular flexibility index (Phi) is 6.50. The number of benzene rings is 2. The number of likely N-dealkylation sites (N-methyl/N-ethyl adjacent to an activating group) is 1. The average molecular weight is 410 g/mol. The van der Waals surface area contributed by atoms with Gasteiger partial charge in [-0.1, -0.05) is 24.3 Å². The van der Waals surface area contributed by atoms with E-state index in [1.165, 1.54) is 27.6 Å². The minimum absolute atomic E-state index is 0.104. The van der Waals surface area contributed by atoms with Gasteiger partial charge in [0.05, 0.1) is 11.8 Å². The number of carbonyl (C=O) groups excluding carboxylic acids is 2. The van der Waals surface area contributed by atoms with E-state index < -0.39 is 0 Å². The van der Waals surface area contributed by atoms with Crippen molar-refractivity contribution in [2.75, 3.05) is 20.1 Å². The Balaban J connectivity index is 1.90. The van der Waals surface area contributed by atoms with Gasteiger partial charge in [0.2, 0.25) is 0 Å². The fourth-order valence-electron chi connectivity index (χ4n) is 3.41. The maximum absolute atomic E-state index is 13.4. The first-order valence-electron chi connectivity index (χ1n) is 10.0. The van der Waals surface area contributed by atoms with Crippen LogP contribution >= 0.6 is 0 Å². The van der Waals surface area contributed by atoms with Crippen LogP contribution in [0.2, 0.25) is 0 Å². The Morgan fingerprint density at radius 3 is 2.50 bits per heavy atom. The number of hydrazone groups is 1. The zero-order valence-corrected chi connectivity index (χ0v) is 17.8. The predicted octanol–water partition coefficient (Wildman–Crippen LogP) is 3.78. The third-order valence-corrected chi connectivity index (χ3v) is 5.31. The van der Waals surface area contributed by atoms with E-state index in [0.717, 1.165) is 22.4 Å². The van der Waals surface area contributed by atoms with Gasteiger partial charge in [-0.25, -0.2) is 14.2 Å². The van der Waals surface area contributed by atoms with Crippen LogP contribution in [0.4, 0.5) is 9.18 Å². The van der Waals surface area contributed by atoms with E-state index in [1.54, 1.807) is 19.2 Å². The van der Waals surface area contributed by atoms with E-state index >= 15 is 0 Å². The highest BCUT2D eigenvalue weighted by atomic mass is 19.1. The lowest BCUT2D eigenvalue weighted by molar-refractivity contribution is -0.133. The van der Waals surface area contributed by atoms with Crippen molar-refractivity contribution < 1.29 is 14.0 Å². The van der Waals surface area contributed by atoms with Crippen molar-refractivity contribution in [3.8, 4) is 0 Å². The van der Waals surface area contributed by atoms with E-state index in [-0.39, 0.29) is 30.3 Å². The number of rotatable bonds is 5. The van der Waals surface area contributed by atoms with E-state index in [2.05, 4.69) is 16.5 Å². The lowest BCUT2D eigenvalue weighted by atomic mass is 9.96. The van der Waals surface area contributed by atoms with Gasteiger partial charge in [-0.2, -0.15) is 5.10 Å². The molecule has 1 aliphatic rings. The van der Waals surface area contributed by atoms with E-state index in [9.17, 15) is 14.0 Å². The van der Waals surface area contributed by atoms with Crippen LogP contribution in [0.3, 0.4) is 0 Å². The summed E-state index contributed by atoms with van der Waals surface area (Å²) in [7, 11) is 1.57. The molecule has 3 rings (SSSR count). The van der Waals surface area contributed by atoms with Gasteiger partial charge in [0, 0.05) is 20.0 Å². The van der Waals surface area contributed by atoms with Crippen molar-refractivity contribution >= 4 is 17.6 Å². The molecule has 0 saturated carbocycles. The van der Waals surface area contributed by atoms with Crippen LogP contribution in [0.5, 0.6) is 0 Å². The van der Waals surface area contributed by atoms with Gasteiger partial charge in [0.15, 0.2) is 0 Å². The molecule has 7 heteroatoms. The Bertz CT molecular complexity index is 972. The largest absolute Gasteiger partial charge is 0.338 e. The molecular weight excluding hydrogens is 383 g/mol. The van der Waals surface area contributed by atoms with Gasteiger partial charge < -0.3 is 10.2 Å². The number of halogens is 1. The zero-order valence-electron chi connectivity index (χ0n) is 17.8. The molecule has 30 heavy (non-hydrogen) atoms. The second kappa shape index (κ2) is 9.07. The maximum atomic E-state index is 13.4. The summed E-state index contributed by atoms with van der Waals surface area (Å²) in [5.41, 5.74) is 4.88. The van der Waals surface area contributed by atoms with Crippen molar-refractivity contribution in [1.29, 1.82) is 0 Å². The van der Waals surface area contributed by atoms with Crippen molar-refractivity contribution in [2.45, 2.75) is 33.2 Å². The molecule has 0 spiro atoms. The smallest absolute Gasteiger partial charge is 0.317 e. The summed E-state index contributed by atoms with van der Waals surface area (Å²) >= 11 is 0. The number of nitrogens with zero attached hydrogens (tertiary/aromatic N) is 3. The second-order valence-electron chi connectivity index (χ2n) is 7.55. The molecule has 2 aromatic carbocycles. The number of hydrogen-bond donors (Lipinski definition) is 1. The molecule has 0 saturated heterocycles. The van der Waals surface area contributed by atoms with Crippen LogP contribution in [0, 0.1) is 19.7 Å². The van der Waals surface area contributed by atoms with Gasteiger partial charge >= 0.3 is 6.03 Å². The fourth-order valence-corrected chi connectivity index (χ4v) is 3.41. The number of amides is 3.